The van der Waals surface area contributed by atoms with Crippen LogP contribution in [0.5, 0.6) is 0 Å². The number of rotatable bonds is 8. The van der Waals surface area contributed by atoms with E-state index in [1.807, 2.05) is 45.2 Å². The molecule has 0 aliphatic heterocycles. The van der Waals surface area contributed by atoms with E-state index in [-0.39, 0.29) is 12.5 Å². The van der Waals surface area contributed by atoms with Gasteiger partial charge in [0.25, 0.3) is 0 Å². The number of aliphatic hydroxyl groups is 1. The topological polar surface area (TPSA) is 66.4 Å². The van der Waals surface area contributed by atoms with Crippen molar-refractivity contribution < 1.29 is 13.5 Å². The first-order chi connectivity index (χ1) is 11.8. The summed E-state index contributed by atoms with van der Waals surface area (Å²) in [6, 6.07) is 4.06. The van der Waals surface area contributed by atoms with Gasteiger partial charge in [-0.2, -0.15) is 11.3 Å². The Morgan fingerprint density at radius 2 is 1.76 bits per heavy atom. The minimum Gasteiger partial charge on any atom is -0.396 e. The molecule has 0 aliphatic rings. The smallest absolute Gasteiger partial charge is 0.241 e. The van der Waals surface area contributed by atoms with Crippen LogP contribution < -0.4 is 4.72 Å². The molecule has 25 heavy (non-hydrogen) atoms. The number of hydrogen-bond donors (Lipinski definition) is 2. The normalized spacial score (nSPS) is 13.2. The number of hydrogen-bond acceptors (Lipinski definition) is 4. The Bertz CT molecular complexity index is 785. The molecule has 4 nitrogen and oxygen atoms in total. The van der Waals surface area contributed by atoms with Crippen molar-refractivity contribution in [2.24, 2.45) is 0 Å². The lowest BCUT2D eigenvalue weighted by molar-refractivity contribution is 0.273. The molecule has 1 aromatic heterocycles. The molecule has 0 bridgehead atoms. The van der Waals surface area contributed by atoms with Crippen LogP contribution in [-0.4, -0.2) is 26.7 Å². The molecule has 138 valence electrons. The molecule has 1 aromatic carbocycles. The number of aryl methyl sites for hydroxylation is 2. The van der Waals surface area contributed by atoms with Gasteiger partial charge in [-0.05, 0) is 91.1 Å². The zero-order chi connectivity index (χ0) is 18.6. The summed E-state index contributed by atoms with van der Waals surface area (Å²) in [5.41, 5.74) is 4.75. The summed E-state index contributed by atoms with van der Waals surface area (Å²) < 4.78 is 28.4. The van der Waals surface area contributed by atoms with Gasteiger partial charge in [-0.1, -0.05) is 6.07 Å². The molecule has 2 rings (SSSR count). The molecule has 0 saturated carbocycles. The highest BCUT2D eigenvalue weighted by molar-refractivity contribution is 7.89. The first-order valence-corrected chi connectivity index (χ1v) is 10.9. The van der Waals surface area contributed by atoms with Crippen LogP contribution in [0, 0.1) is 27.7 Å². The summed E-state index contributed by atoms with van der Waals surface area (Å²) in [5.74, 6) is 0.167. The molecule has 0 spiro atoms. The van der Waals surface area contributed by atoms with E-state index in [0.29, 0.717) is 24.3 Å². The molecule has 0 fully saturated rings. The number of benzene rings is 1. The van der Waals surface area contributed by atoms with E-state index in [4.69, 9.17) is 0 Å². The standard InChI is InChI=1S/C19H27NO3S2/c1-13-11-14(2)16(4)19(15(13)3)25(22,23)20-8-5-17(6-9-21)18-7-10-24-12-18/h7,10-12,17,20-21H,5-6,8-9H2,1-4H3. The van der Waals surface area contributed by atoms with Crippen molar-refractivity contribution in [2.75, 3.05) is 13.2 Å². The quantitative estimate of drug-likeness (QED) is 0.730. The highest BCUT2D eigenvalue weighted by atomic mass is 32.2. The predicted molar refractivity (Wildman–Crippen MR) is 104 cm³/mol. The lowest BCUT2D eigenvalue weighted by Gasteiger charge is -2.18. The van der Waals surface area contributed by atoms with Gasteiger partial charge < -0.3 is 5.11 Å². The Kier molecular flexibility index (Phi) is 6.79. The molecule has 0 saturated heterocycles. The molecule has 1 unspecified atom stereocenters. The Morgan fingerprint density at radius 3 is 2.28 bits per heavy atom. The van der Waals surface area contributed by atoms with Gasteiger partial charge in [-0.25, -0.2) is 13.1 Å². The maximum absolute atomic E-state index is 12.8. The summed E-state index contributed by atoms with van der Waals surface area (Å²) in [7, 11) is -3.56. The molecule has 0 radical (unpaired) electrons. The fourth-order valence-electron chi connectivity index (χ4n) is 3.16. The van der Waals surface area contributed by atoms with Gasteiger partial charge in [0.1, 0.15) is 0 Å². The Balaban J connectivity index is 2.15. The summed E-state index contributed by atoms with van der Waals surface area (Å²) in [6.45, 7) is 8.05. The van der Waals surface area contributed by atoms with E-state index in [1.165, 1.54) is 0 Å². The Labute approximate surface area is 155 Å². The minimum atomic E-state index is -3.56. The van der Waals surface area contributed by atoms with Crippen LogP contribution in [0.15, 0.2) is 27.8 Å². The van der Waals surface area contributed by atoms with E-state index < -0.39 is 10.0 Å². The Hall–Kier alpha value is -1.21. The van der Waals surface area contributed by atoms with E-state index in [2.05, 4.69) is 10.1 Å². The fourth-order valence-corrected chi connectivity index (χ4v) is 5.57. The van der Waals surface area contributed by atoms with E-state index >= 15 is 0 Å². The van der Waals surface area contributed by atoms with Crippen molar-refractivity contribution in [3.8, 4) is 0 Å². The first-order valence-electron chi connectivity index (χ1n) is 8.48. The van der Waals surface area contributed by atoms with Crippen LogP contribution in [0.3, 0.4) is 0 Å². The third-order valence-corrected chi connectivity index (χ3v) is 7.28. The molecule has 1 atom stereocenters. The largest absolute Gasteiger partial charge is 0.396 e. The van der Waals surface area contributed by atoms with Crippen molar-refractivity contribution in [1.82, 2.24) is 4.72 Å². The summed E-state index contributed by atoms with van der Waals surface area (Å²) in [4.78, 5) is 0.402. The van der Waals surface area contributed by atoms with E-state index in [0.717, 1.165) is 27.8 Å². The summed E-state index contributed by atoms with van der Waals surface area (Å²) in [6.07, 6.45) is 1.31. The van der Waals surface area contributed by atoms with Crippen LogP contribution >= 0.6 is 11.3 Å². The molecule has 2 aromatic rings. The second kappa shape index (κ2) is 8.45. The second-order valence-electron chi connectivity index (χ2n) is 6.54. The van der Waals surface area contributed by atoms with Crippen molar-refractivity contribution in [3.63, 3.8) is 0 Å². The molecular formula is C19H27NO3S2. The van der Waals surface area contributed by atoms with Crippen molar-refractivity contribution in [1.29, 1.82) is 0 Å². The summed E-state index contributed by atoms with van der Waals surface area (Å²) in [5, 5.41) is 13.3. The van der Waals surface area contributed by atoms with Gasteiger partial charge in [-0.3, -0.25) is 0 Å². The van der Waals surface area contributed by atoms with Crippen LogP contribution in [0.1, 0.15) is 46.6 Å². The van der Waals surface area contributed by atoms with Gasteiger partial charge in [0, 0.05) is 13.2 Å². The number of nitrogens with one attached hydrogen (secondary N) is 1. The second-order valence-corrected chi connectivity index (χ2v) is 9.03. The predicted octanol–water partition coefficient (Wildman–Crippen LogP) is 3.82. The maximum Gasteiger partial charge on any atom is 0.241 e. The average Bonchev–Trinajstić information content (AvgIpc) is 3.06. The molecule has 6 heteroatoms. The van der Waals surface area contributed by atoms with Crippen molar-refractivity contribution in [2.45, 2.75) is 51.3 Å². The number of thiophene rings is 1. The molecule has 0 aliphatic carbocycles. The van der Waals surface area contributed by atoms with E-state index in [9.17, 15) is 13.5 Å². The monoisotopic (exact) mass is 381 g/mol. The first kappa shape index (κ1) is 20.1. The van der Waals surface area contributed by atoms with Crippen molar-refractivity contribution >= 4 is 21.4 Å². The molecule has 1 heterocycles. The minimum absolute atomic E-state index is 0.0998. The lowest BCUT2D eigenvalue weighted by atomic mass is 9.95. The third kappa shape index (κ3) is 4.70. The average molecular weight is 382 g/mol. The zero-order valence-electron chi connectivity index (χ0n) is 15.3. The zero-order valence-corrected chi connectivity index (χ0v) is 16.9. The highest BCUT2D eigenvalue weighted by Gasteiger charge is 2.22. The lowest BCUT2D eigenvalue weighted by Crippen LogP contribution is -2.28. The Morgan fingerprint density at radius 1 is 1.12 bits per heavy atom. The van der Waals surface area contributed by atoms with Gasteiger partial charge in [0.05, 0.1) is 4.90 Å². The van der Waals surface area contributed by atoms with Gasteiger partial charge in [0.15, 0.2) is 0 Å². The molecule has 0 amide bonds. The summed E-state index contributed by atoms with van der Waals surface area (Å²) >= 11 is 1.62. The molecule has 2 N–H and O–H groups in total. The van der Waals surface area contributed by atoms with Gasteiger partial charge in [-0.15, -0.1) is 0 Å². The number of sulfonamides is 1. The van der Waals surface area contributed by atoms with Gasteiger partial charge >= 0.3 is 0 Å². The maximum atomic E-state index is 12.8. The SMILES string of the molecule is Cc1cc(C)c(C)c(S(=O)(=O)NCCC(CCO)c2ccsc2)c1C. The van der Waals surface area contributed by atoms with Crippen LogP contribution in [0.4, 0.5) is 0 Å². The number of aliphatic hydroxyl groups excluding tert-OH is 1. The third-order valence-electron chi connectivity index (χ3n) is 4.84. The highest BCUT2D eigenvalue weighted by Crippen LogP contribution is 2.27. The van der Waals surface area contributed by atoms with E-state index in [1.54, 1.807) is 11.3 Å². The fraction of sp³-hybridized carbons (Fsp3) is 0.474. The van der Waals surface area contributed by atoms with Crippen LogP contribution in [-0.2, 0) is 10.0 Å². The van der Waals surface area contributed by atoms with Crippen LogP contribution in [0.25, 0.3) is 0 Å². The van der Waals surface area contributed by atoms with Gasteiger partial charge in [0.2, 0.25) is 10.0 Å². The van der Waals surface area contributed by atoms with Crippen molar-refractivity contribution in [3.05, 3.63) is 50.7 Å². The van der Waals surface area contributed by atoms with Crippen LogP contribution in [0.2, 0.25) is 0 Å². The molecular weight excluding hydrogens is 354 g/mol.